The summed E-state index contributed by atoms with van der Waals surface area (Å²) in [4.78, 5) is 16.6. The second-order valence-electron chi connectivity index (χ2n) is 5.87. The third-order valence-corrected chi connectivity index (χ3v) is 4.27. The van der Waals surface area contributed by atoms with Gasteiger partial charge in [-0.15, -0.1) is 0 Å². The van der Waals surface area contributed by atoms with Crippen molar-refractivity contribution in [2.75, 3.05) is 7.11 Å². The molecule has 5 nitrogen and oxygen atoms in total. The summed E-state index contributed by atoms with van der Waals surface area (Å²) in [6.07, 6.45) is 4.29. The Morgan fingerprint density at radius 1 is 1.12 bits per heavy atom. The van der Waals surface area contributed by atoms with Gasteiger partial charge in [-0.25, -0.2) is 0 Å². The number of H-pyrrole nitrogens is 2. The van der Waals surface area contributed by atoms with Gasteiger partial charge in [-0.1, -0.05) is 30.3 Å². The van der Waals surface area contributed by atoms with Crippen molar-refractivity contribution in [3.05, 3.63) is 81.3 Å². The number of allylic oxidation sites excluding steroid dienone is 1. The summed E-state index contributed by atoms with van der Waals surface area (Å²) < 4.78 is 5.27. The fourth-order valence-corrected chi connectivity index (χ4v) is 2.99. The molecule has 0 saturated carbocycles. The summed E-state index contributed by atoms with van der Waals surface area (Å²) in [5, 5.41) is 5.67. The number of ether oxygens (including phenoxy) is 1. The molecule has 25 heavy (non-hydrogen) atoms. The van der Waals surface area contributed by atoms with E-state index >= 15 is 0 Å². The maximum absolute atomic E-state index is 12.3. The van der Waals surface area contributed by atoms with Crippen LogP contribution in [0.3, 0.4) is 0 Å². The molecule has 124 valence electrons. The van der Waals surface area contributed by atoms with Crippen LogP contribution < -0.4 is 10.3 Å². The van der Waals surface area contributed by atoms with Crippen molar-refractivity contribution in [3.8, 4) is 5.75 Å². The minimum absolute atomic E-state index is 0.136. The van der Waals surface area contributed by atoms with Gasteiger partial charge in [0.1, 0.15) is 5.75 Å². The van der Waals surface area contributed by atoms with E-state index in [9.17, 15) is 4.79 Å². The van der Waals surface area contributed by atoms with E-state index in [1.165, 1.54) is 0 Å². The molecule has 2 aromatic carbocycles. The van der Waals surface area contributed by atoms with Gasteiger partial charge in [-0.05, 0) is 29.8 Å². The zero-order valence-corrected chi connectivity index (χ0v) is 13.7. The Morgan fingerprint density at radius 2 is 2.00 bits per heavy atom. The summed E-state index contributed by atoms with van der Waals surface area (Å²) in [6.45, 7) is 0. The van der Waals surface area contributed by atoms with E-state index in [0.29, 0.717) is 12.0 Å². The monoisotopic (exact) mass is 331 g/mol. The maximum atomic E-state index is 12.3. The molecule has 4 rings (SSSR count). The van der Waals surface area contributed by atoms with Crippen molar-refractivity contribution in [1.29, 1.82) is 0 Å². The highest BCUT2D eigenvalue weighted by molar-refractivity contribution is 6.21. The standard InChI is InChI=1S/C20H17N3O2/c1-25-15-6-4-5-13(9-15)10-19-17(20(24)23-22-19)11-14-12-21-18-8-3-2-7-16(14)18/h2-9,11-12H,10H2,1H3,(H2,22,23,24)/b14-11-. The highest BCUT2D eigenvalue weighted by Crippen LogP contribution is 2.32. The van der Waals surface area contributed by atoms with Crippen LogP contribution in [0.1, 0.15) is 22.4 Å². The number of nitrogens with one attached hydrogen (secondary N) is 2. The number of hydrogen-bond donors (Lipinski definition) is 2. The normalized spacial score (nSPS) is 14.0. The van der Waals surface area contributed by atoms with Gasteiger partial charge in [-0.3, -0.25) is 14.9 Å². The van der Waals surface area contributed by atoms with Crippen LogP contribution in [-0.2, 0) is 6.42 Å². The van der Waals surface area contributed by atoms with Crippen molar-refractivity contribution >= 4 is 23.6 Å². The van der Waals surface area contributed by atoms with Crippen LogP contribution in [0.15, 0.2) is 58.3 Å². The van der Waals surface area contributed by atoms with Gasteiger partial charge >= 0.3 is 0 Å². The highest BCUT2D eigenvalue weighted by atomic mass is 16.5. The zero-order chi connectivity index (χ0) is 17.2. The van der Waals surface area contributed by atoms with E-state index in [4.69, 9.17) is 4.74 Å². The Morgan fingerprint density at radius 3 is 2.88 bits per heavy atom. The molecular formula is C20H17N3O2. The van der Waals surface area contributed by atoms with Gasteiger partial charge in [0, 0.05) is 29.5 Å². The topological polar surface area (TPSA) is 70.2 Å². The Bertz CT molecular complexity index is 1040. The average molecular weight is 331 g/mol. The first kappa shape index (κ1) is 15.2. The first-order valence-corrected chi connectivity index (χ1v) is 8.02. The minimum atomic E-state index is -0.136. The van der Waals surface area contributed by atoms with Crippen molar-refractivity contribution in [3.63, 3.8) is 0 Å². The second-order valence-corrected chi connectivity index (χ2v) is 5.87. The Labute approximate surface area is 144 Å². The van der Waals surface area contributed by atoms with Crippen LogP contribution >= 0.6 is 0 Å². The van der Waals surface area contributed by atoms with E-state index in [2.05, 4.69) is 15.2 Å². The third kappa shape index (κ3) is 2.92. The SMILES string of the molecule is COc1cccc(Cc2[nH][nH]c(=O)c2/C=C2/C=Nc3ccccc32)c1. The fraction of sp³-hybridized carbons (Fsp3) is 0.100. The predicted octanol–water partition coefficient (Wildman–Crippen LogP) is 3.56. The molecule has 0 aliphatic carbocycles. The third-order valence-electron chi connectivity index (χ3n) is 4.27. The molecule has 0 radical (unpaired) electrons. The smallest absolute Gasteiger partial charge is 0.271 e. The molecule has 0 amide bonds. The molecule has 2 heterocycles. The van der Waals surface area contributed by atoms with Crippen molar-refractivity contribution in [2.45, 2.75) is 6.42 Å². The highest BCUT2D eigenvalue weighted by Gasteiger charge is 2.14. The molecule has 0 unspecified atom stereocenters. The van der Waals surface area contributed by atoms with Crippen molar-refractivity contribution < 1.29 is 4.74 Å². The van der Waals surface area contributed by atoms with Gasteiger partial charge in [0.15, 0.2) is 0 Å². The van der Waals surface area contributed by atoms with Gasteiger partial charge < -0.3 is 9.84 Å². The maximum Gasteiger partial charge on any atom is 0.271 e. The van der Waals surface area contributed by atoms with Crippen LogP contribution in [-0.4, -0.2) is 23.5 Å². The van der Waals surface area contributed by atoms with E-state index in [0.717, 1.165) is 33.8 Å². The van der Waals surface area contributed by atoms with Gasteiger partial charge in [0.2, 0.25) is 0 Å². The average Bonchev–Trinajstić information content (AvgIpc) is 3.21. The van der Waals surface area contributed by atoms with E-state index in [1.807, 2.05) is 54.6 Å². The van der Waals surface area contributed by atoms with Crippen LogP contribution in [0, 0.1) is 0 Å². The van der Waals surface area contributed by atoms with Crippen molar-refractivity contribution in [2.24, 2.45) is 4.99 Å². The van der Waals surface area contributed by atoms with E-state index in [1.54, 1.807) is 13.3 Å². The molecule has 2 N–H and O–H groups in total. The van der Waals surface area contributed by atoms with Crippen LogP contribution in [0.4, 0.5) is 5.69 Å². The molecule has 0 fully saturated rings. The number of nitrogens with zero attached hydrogens (tertiary/aromatic N) is 1. The van der Waals surface area contributed by atoms with Crippen LogP contribution in [0.5, 0.6) is 5.75 Å². The van der Waals surface area contributed by atoms with Gasteiger partial charge in [0.25, 0.3) is 5.56 Å². The first-order valence-electron chi connectivity index (χ1n) is 8.02. The molecule has 1 aliphatic rings. The molecule has 3 aromatic rings. The first-order chi connectivity index (χ1) is 12.2. The second kappa shape index (κ2) is 6.28. The Balaban J connectivity index is 1.70. The lowest BCUT2D eigenvalue weighted by Crippen LogP contribution is -2.03. The number of aromatic amines is 2. The lowest BCUT2D eigenvalue weighted by atomic mass is 10.0. The lowest BCUT2D eigenvalue weighted by molar-refractivity contribution is 0.414. The number of hydrogen-bond acceptors (Lipinski definition) is 3. The Hall–Kier alpha value is -3.34. The number of aromatic nitrogens is 2. The largest absolute Gasteiger partial charge is 0.497 e. The minimum Gasteiger partial charge on any atom is -0.497 e. The number of fused-ring (bicyclic) bond motifs is 1. The number of para-hydroxylation sites is 1. The molecule has 5 heteroatoms. The predicted molar refractivity (Wildman–Crippen MR) is 99.7 cm³/mol. The molecule has 0 saturated heterocycles. The lowest BCUT2D eigenvalue weighted by Gasteiger charge is -2.04. The van der Waals surface area contributed by atoms with Gasteiger partial charge in [0.05, 0.1) is 18.4 Å². The summed E-state index contributed by atoms with van der Waals surface area (Å²) in [5.74, 6) is 0.798. The molecule has 0 atom stereocenters. The summed E-state index contributed by atoms with van der Waals surface area (Å²) >= 11 is 0. The molecule has 1 aromatic heterocycles. The molecular weight excluding hydrogens is 314 g/mol. The number of rotatable bonds is 4. The van der Waals surface area contributed by atoms with E-state index in [-0.39, 0.29) is 5.56 Å². The van der Waals surface area contributed by atoms with Crippen LogP contribution in [0.25, 0.3) is 11.6 Å². The van der Waals surface area contributed by atoms with E-state index < -0.39 is 0 Å². The van der Waals surface area contributed by atoms with Crippen LogP contribution in [0.2, 0.25) is 0 Å². The zero-order valence-electron chi connectivity index (χ0n) is 13.7. The summed E-state index contributed by atoms with van der Waals surface area (Å²) in [7, 11) is 1.64. The van der Waals surface area contributed by atoms with Crippen molar-refractivity contribution in [1.82, 2.24) is 10.2 Å². The van der Waals surface area contributed by atoms with Gasteiger partial charge in [-0.2, -0.15) is 0 Å². The number of methoxy groups -OCH3 is 1. The molecule has 1 aliphatic heterocycles. The number of benzene rings is 2. The summed E-state index contributed by atoms with van der Waals surface area (Å²) in [6, 6.07) is 15.7. The fourth-order valence-electron chi connectivity index (χ4n) is 2.99. The Kier molecular flexibility index (Phi) is 3.82. The quantitative estimate of drug-likeness (QED) is 0.767. The molecule has 0 spiro atoms. The number of aliphatic imine (C=N–C) groups is 1. The summed E-state index contributed by atoms with van der Waals surface area (Å²) in [5.41, 5.74) is 5.29. The molecule has 0 bridgehead atoms.